The summed E-state index contributed by atoms with van der Waals surface area (Å²) in [4.78, 5) is 27.2. The Morgan fingerprint density at radius 1 is 1.15 bits per heavy atom. The highest BCUT2D eigenvalue weighted by Crippen LogP contribution is 2.38. The highest BCUT2D eigenvalue weighted by molar-refractivity contribution is 7.93. The lowest BCUT2D eigenvalue weighted by Crippen LogP contribution is -2.32. The van der Waals surface area contributed by atoms with Crippen molar-refractivity contribution in [3.8, 4) is 0 Å². The smallest absolute Gasteiger partial charge is 0.341 e. The van der Waals surface area contributed by atoms with Gasteiger partial charge in [-0.05, 0) is 58.1 Å². The number of sulfone groups is 1. The number of anilines is 1. The van der Waals surface area contributed by atoms with Crippen molar-refractivity contribution in [1.82, 2.24) is 4.57 Å². The van der Waals surface area contributed by atoms with Gasteiger partial charge in [-0.25, -0.2) is 13.2 Å². The normalized spacial score (nSPS) is 14.9. The topological polar surface area (TPSA) is 94.5 Å². The largest absolute Gasteiger partial charge is 0.462 e. The molecule has 1 atom stereocenters. The summed E-state index contributed by atoms with van der Waals surface area (Å²) in [5, 5.41) is 2.41. The number of carbonyl (C=O) groups excluding carboxylic acids is 2. The van der Waals surface area contributed by atoms with E-state index in [4.69, 9.17) is 4.74 Å². The van der Waals surface area contributed by atoms with Gasteiger partial charge in [0.1, 0.15) is 10.3 Å². The number of esters is 1. The number of carbonyl (C=O) groups is 2. The Kier molecular flexibility index (Phi) is 7.14. The van der Waals surface area contributed by atoms with Gasteiger partial charge in [0, 0.05) is 28.5 Å². The zero-order valence-electron chi connectivity index (χ0n) is 19.7. The maximum Gasteiger partial charge on any atom is 0.341 e. The van der Waals surface area contributed by atoms with Gasteiger partial charge >= 0.3 is 5.97 Å². The van der Waals surface area contributed by atoms with Crippen LogP contribution in [0.25, 0.3) is 10.9 Å². The molecule has 1 aliphatic carbocycles. The Hall–Kier alpha value is -2.65. The lowest BCUT2D eigenvalue weighted by molar-refractivity contribution is -0.115. The molecule has 0 bridgehead atoms. The van der Waals surface area contributed by atoms with Crippen molar-refractivity contribution >= 4 is 49.0 Å². The van der Waals surface area contributed by atoms with Gasteiger partial charge in [-0.1, -0.05) is 24.6 Å². The van der Waals surface area contributed by atoms with Crippen LogP contribution in [0.2, 0.25) is 0 Å². The number of hydrogen-bond acceptors (Lipinski definition) is 6. The molecule has 9 heteroatoms. The van der Waals surface area contributed by atoms with E-state index < -0.39 is 27.0 Å². The van der Waals surface area contributed by atoms with Crippen LogP contribution in [-0.2, 0) is 38.8 Å². The Balaban J connectivity index is 1.68. The van der Waals surface area contributed by atoms with E-state index in [1.807, 2.05) is 23.6 Å². The molecule has 2 heterocycles. The number of rotatable bonds is 7. The van der Waals surface area contributed by atoms with Crippen molar-refractivity contribution in [3.05, 3.63) is 46.5 Å². The van der Waals surface area contributed by atoms with Crippen LogP contribution < -0.4 is 5.32 Å². The lowest BCUT2D eigenvalue weighted by Gasteiger charge is -2.13. The van der Waals surface area contributed by atoms with Crippen molar-refractivity contribution in [2.45, 2.75) is 69.6 Å². The van der Waals surface area contributed by atoms with Gasteiger partial charge in [0.15, 0.2) is 9.84 Å². The molecule has 0 radical (unpaired) electrons. The minimum Gasteiger partial charge on any atom is -0.462 e. The molecule has 1 aromatic carbocycles. The van der Waals surface area contributed by atoms with E-state index in [9.17, 15) is 18.0 Å². The monoisotopic (exact) mass is 502 g/mol. The van der Waals surface area contributed by atoms with E-state index in [-0.39, 0.29) is 11.5 Å². The Morgan fingerprint density at radius 3 is 2.62 bits per heavy atom. The molecule has 182 valence electrons. The van der Waals surface area contributed by atoms with Crippen LogP contribution in [0.15, 0.2) is 35.4 Å². The SMILES string of the molecule is CCOC(=O)c1c(NC(=O)C(C)S(=O)(=O)c2cn(CC)c3ccccc23)sc2c1CCCCC2. The number of thiophene rings is 1. The predicted molar refractivity (Wildman–Crippen MR) is 134 cm³/mol. The Labute approximate surface area is 204 Å². The number of nitrogens with zero attached hydrogens (tertiary/aromatic N) is 1. The summed E-state index contributed by atoms with van der Waals surface area (Å²) in [6.45, 7) is 5.91. The summed E-state index contributed by atoms with van der Waals surface area (Å²) >= 11 is 1.36. The second kappa shape index (κ2) is 9.92. The second-order valence-corrected chi connectivity index (χ2v) is 11.8. The summed E-state index contributed by atoms with van der Waals surface area (Å²) in [6.07, 6.45) is 6.27. The zero-order valence-corrected chi connectivity index (χ0v) is 21.4. The number of hydrogen-bond donors (Lipinski definition) is 1. The van der Waals surface area contributed by atoms with E-state index in [1.54, 1.807) is 25.3 Å². The number of nitrogens with one attached hydrogen (secondary N) is 1. The summed E-state index contributed by atoms with van der Waals surface area (Å²) < 4.78 is 34.1. The molecule has 1 N–H and O–H groups in total. The van der Waals surface area contributed by atoms with E-state index in [0.29, 0.717) is 22.5 Å². The summed E-state index contributed by atoms with van der Waals surface area (Å²) in [7, 11) is -3.97. The van der Waals surface area contributed by atoms with Crippen LogP contribution in [0.3, 0.4) is 0 Å². The number of para-hydroxylation sites is 1. The number of benzene rings is 1. The van der Waals surface area contributed by atoms with Gasteiger partial charge in [0.2, 0.25) is 5.91 Å². The van der Waals surface area contributed by atoms with Crippen LogP contribution in [0.1, 0.15) is 60.8 Å². The summed E-state index contributed by atoms with van der Waals surface area (Å²) in [5.41, 5.74) is 2.12. The molecule has 4 rings (SSSR count). The van der Waals surface area contributed by atoms with Crippen LogP contribution >= 0.6 is 11.3 Å². The first kappa shape index (κ1) is 24.5. The third-order valence-electron chi connectivity index (χ3n) is 6.37. The maximum atomic E-state index is 13.5. The van der Waals surface area contributed by atoms with E-state index in [1.165, 1.54) is 18.3 Å². The average Bonchev–Trinajstić information content (AvgIpc) is 3.28. The first-order valence-corrected chi connectivity index (χ1v) is 14.1. The van der Waals surface area contributed by atoms with Crippen molar-refractivity contribution in [1.29, 1.82) is 0 Å². The van der Waals surface area contributed by atoms with Crippen molar-refractivity contribution in [2.75, 3.05) is 11.9 Å². The quantitative estimate of drug-likeness (QED) is 0.364. The van der Waals surface area contributed by atoms with E-state index in [0.717, 1.165) is 48.1 Å². The molecule has 1 unspecified atom stereocenters. The average molecular weight is 503 g/mol. The summed E-state index contributed by atoms with van der Waals surface area (Å²) in [6, 6.07) is 7.27. The number of aryl methyl sites for hydroxylation is 2. The van der Waals surface area contributed by atoms with Crippen LogP contribution in [0, 0.1) is 0 Å². The van der Waals surface area contributed by atoms with Crippen LogP contribution in [-0.4, -0.2) is 36.7 Å². The predicted octanol–water partition coefficient (Wildman–Crippen LogP) is 4.97. The first-order chi connectivity index (χ1) is 16.3. The fraction of sp³-hybridized carbons (Fsp3) is 0.440. The molecule has 7 nitrogen and oxygen atoms in total. The van der Waals surface area contributed by atoms with Gasteiger partial charge in [0.25, 0.3) is 0 Å². The molecule has 0 fully saturated rings. The van der Waals surface area contributed by atoms with Gasteiger partial charge in [0.05, 0.1) is 17.1 Å². The van der Waals surface area contributed by atoms with Crippen LogP contribution in [0.4, 0.5) is 5.00 Å². The molecule has 0 aliphatic heterocycles. The third kappa shape index (κ3) is 4.38. The molecule has 1 aliphatic rings. The molecule has 0 spiro atoms. The number of aromatic nitrogens is 1. The number of ether oxygens (including phenoxy) is 1. The molecule has 0 saturated carbocycles. The first-order valence-electron chi connectivity index (χ1n) is 11.7. The van der Waals surface area contributed by atoms with Crippen molar-refractivity contribution in [3.63, 3.8) is 0 Å². The molecular formula is C25H30N2O5S2. The number of fused-ring (bicyclic) bond motifs is 2. The zero-order chi connectivity index (χ0) is 24.5. The standard InChI is InChI=1S/C25H30N2O5S2/c1-4-27-15-21(17-11-9-10-13-19(17)27)34(30,31)16(3)23(28)26-24-22(25(29)32-5-2)18-12-7-6-8-14-20(18)33-24/h9-11,13,15-16H,4-8,12,14H2,1-3H3,(H,26,28). The Bertz CT molecular complexity index is 1340. The van der Waals surface area contributed by atoms with Gasteiger partial charge in [-0.15, -0.1) is 11.3 Å². The second-order valence-electron chi connectivity index (χ2n) is 8.46. The van der Waals surface area contributed by atoms with E-state index in [2.05, 4.69) is 5.32 Å². The fourth-order valence-corrected chi connectivity index (χ4v) is 7.25. The number of amides is 1. The van der Waals surface area contributed by atoms with E-state index >= 15 is 0 Å². The van der Waals surface area contributed by atoms with Gasteiger partial charge in [-0.2, -0.15) is 0 Å². The summed E-state index contributed by atoms with van der Waals surface area (Å²) in [5.74, 6) is -1.13. The molecule has 0 saturated heterocycles. The lowest BCUT2D eigenvalue weighted by atomic mass is 10.1. The minimum absolute atomic E-state index is 0.139. The van der Waals surface area contributed by atoms with Gasteiger partial charge in [-0.3, -0.25) is 4.79 Å². The minimum atomic E-state index is -3.97. The van der Waals surface area contributed by atoms with Crippen molar-refractivity contribution < 1.29 is 22.7 Å². The van der Waals surface area contributed by atoms with Gasteiger partial charge < -0.3 is 14.6 Å². The third-order valence-corrected chi connectivity index (χ3v) is 9.66. The highest BCUT2D eigenvalue weighted by Gasteiger charge is 2.34. The Morgan fingerprint density at radius 2 is 1.88 bits per heavy atom. The van der Waals surface area contributed by atoms with Crippen molar-refractivity contribution in [2.24, 2.45) is 0 Å². The molecule has 2 aromatic heterocycles. The fourth-order valence-electron chi connectivity index (χ4n) is 4.50. The molecule has 3 aromatic rings. The van der Waals surface area contributed by atoms with Crippen LogP contribution in [0.5, 0.6) is 0 Å². The molecule has 34 heavy (non-hydrogen) atoms. The maximum absolute atomic E-state index is 13.5. The highest BCUT2D eigenvalue weighted by atomic mass is 32.2. The molecule has 1 amide bonds. The molecular weight excluding hydrogens is 472 g/mol.